The molecule has 0 saturated heterocycles. The van der Waals surface area contributed by atoms with Gasteiger partial charge >= 0.3 is 0 Å². The summed E-state index contributed by atoms with van der Waals surface area (Å²) < 4.78 is 2.02. The summed E-state index contributed by atoms with van der Waals surface area (Å²) in [7, 11) is 0. The van der Waals surface area contributed by atoms with Gasteiger partial charge in [-0.15, -0.1) is 0 Å². The average Bonchev–Trinajstić information content (AvgIpc) is 2.88. The Labute approximate surface area is 118 Å². The SMILES string of the molecule is CCN(Cc1ccn(C(C)C)n1)C(CC)(CC)CN. The lowest BCUT2D eigenvalue weighted by Gasteiger charge is -2.41. The highest BCUT2D eigenvalue weighted by molar-refractivity contribution is 5.02. The normalized spacial score (nSPS) is 12.6. The zero-order chi connectivity index (χ0) is 14.5. The third kappa shape index (κ3) is 3.57. The first-order valence-corrected chi connectivity index (χ1v) is 7.52. The third-order valence-corrected chi connectivity index (χ3v) is 4.29. The lowest BCUT2D eigenvalue weighted by molar-refractivity contribution is 0.0812. The minimum Gasteiger partial charge on any atom is -0.329 e. The van der Waals surface area contributed by atoms with Gasteiger partial charge in [-0.3, -0.25) is 9.58 Å². The summed E-state index contributed by atoms with van der Waals surface area (Å²) in [4.78, 5) is 2.47. The van der Waals surface area contributed by atoms with E-state index in [0.29, 0.717) is 12.6 Å². The molecule has 0 aliphatic rings. The number of aromatic nitrogens is 2. The van der Waals surface area contributed by atoms with Crippen molar-refractivity contribution in [3.05, 3.63) is 18.0 Å². The molecule has 4 heteroatoms. The Bertz CT molecular complexity index is 358. The summed E-state index contributed by atoms with van der Waals surface area (Å²) in [5.74, 6) is 0. The van der Waals surface area contributed by atoms with E-state index < -0.39 is 0 Å². The van der Waals surface area contributed by atoms with Crippen LogP contribution >= 0.6 is 0 Å². The minimum absolute atomic E-state index is 0.108. The molecule has 19 heavy (non-hydrogen) atoms. The van der Waals surface area contributed by atoms with Crippen molar-refractivity contribution in [1.29, 1.82) is 0 Å². The number of hydrogen-bond acceptors (Lipinski definition) is 3. The molecule has 4 nitrogen and oxygen atoms in total. The van der Waals surface area contributed by atoms with Crippen molar-refractivity contribution in [1.82, 2.24) is 14.7 Å². The van der Waals surface area contributed by atoms with Crippen LogP contribution in [0.25, 0.3) is 0 Å². The van der Waals surface area contributed by atoms with Crippen LogP contribution in [-0.4, -0.2) is 33.3 Å². The van der Waals surface area contributed by atoms with Crippen LogP contribution in [0.3, 0.4) is 0 Å². The molecule has 0 bridgehead atoms. The number of hydrogen-bond donors (Lipinski definition) is 1. The molecule has 1 aromatic rings. The summed E-state index contributed by atoms with van der Waals surface area (Å²) >= 11 is 0. The monoisotopic (exact) mass is 266 g/mol. The molecule has 0 aliphatic carbocycles. The van der Waals surface area contributed by atoms with E-state index in [1.54, 1.807) is 0 Å². The molecule has 1 rings (SSSR count). The van der Waals surface area contributed by atoms with Crippen molar-refractivity contribution in [3.63, 3.8) is 0 Å². The Morgan fingerprint density at radius 1 is 1.32 bits per heavy atom. The van der Waals surface area contributed by atoms with Crippen LogP contribution in [0, 0.1) is 0 Å². The fourth-order valence-electron chi connectivity index (χ4n) is 2.67. The zero-order valence-electron chi connectivity index (χ0n) is 13.2. The Kier molecular flexibility index (Phi) is 6.01. The number of nitrogens with two attached hydrogens (primary N) is 1. The van der Waals surface area contributed by atoms with Crippen molar-refractivity contribution < 1.29 is 0 Å². The molecule has 0 radical (unpaired) electrons. The van der Waals surface area contributed by atoms with Crippen LogP contribution in [-0.2, 0) is 6.54 Å². The molecule has 0 aromatic carbocycles. The summed E-state index contributed by atoms with van der Waals surface area (Å²) in [6.45, 7) is 13.6. The Morgan fingerprint density at radius 2 is 1.95 bits per heavy atom. The molecule has 0 unspecified atom stereocenters. The molecular formula is C15H30N4. The van der Waals surface area contributed by atoms with E-state index in [-0.39, 0.29) is 5.54 Å². The van der Waals surface area contributed by atoms with Crippen molar-refractivity contribution in [2.24, 2.45) is 5.73 Å². The molecule has 110 valence electrons. The summed E-state index contributed by atoms with van der Waals surface area (Å²) in [6, 6.07) is 2.54. The fraction of sp³-hybridized carbons (Fsp3) is 0.800. The van der Waals surface area contributed by atoms with E-state index in [1.807, 2.05) is 4.68 Å². The molecule has 0 amide bonds. The summed E-state index contributed by atoms with van der Waals surface area (Å²) in [5.41, 5.74) is 7.29. The molecule has 0 fully saturated rings. The van der Waals surface area contributed by atoms with Gasteiger partial charge < -0.3 is 5.73 Å². The first kappa shape index (κ1) is 16.2. The van der Waals surface area contributed by atoms with Gasteiger partial charge in [-0.05, 0) is 39.3 Å². The van der Waals surface area contributed by atoms with Gasteiger partial charge in [0, 0.05) is 30.9 Å². The van der Waals surface area contributed by atoms with E-state index in [0.717, 1.165) is 31.6 Å². The average molecular weight is 266 g/mol. The fourth-order valence-corrected chi connectivity index (χ4v) is 2.67. The molecule has 2 N–H and O–H groups in total. The first-order valence-electron chi connectivity index (χ1n) is 7.52. The summed E-state index contributed by atoms with van der Waals surface area (Å²) in [5, 5.41) is 4.65. The van der Waals surface area contributed by atoms with Gasteiger partial charge in [-0.25, -0.2) is 0 Å². The van der Waals surface area contributed by atoms with Crippen LogP contribution in [0.15, 0.2) is 12.3 Å². The van der Waals surface area contributed by atoms with Crippen LogP contribution in [0.2, 0.25) is 0 Å². The van der Waals surface area contributed by atoms with Crippen LogP contribution in [0.5, 0.6) is 0 Å². The lowest BCUT2D eigenvalue weighted by atomic mass is 9.90. The number of rotatable bonds is 8. The molecule has 0 saturated carbocycles. The predicted molar refractivity (Wildman–Crippen MR) is 81.1 cm³/mol. The second kappa shape index (κ2) is 7.06. The van der Waals surface area contributed by atoms with Crippen molar-refractivity contribution in [2.75, 3.05) is 13.1 Å². The van der Waals surface area contributed by atoms with Gasteiger partial charge in [0.25, 0.3) is 0 Å². The van der Waals surface area contributed by atoms with Gasteiger partial charge in [0.1, 0.15) is 0 Å². The Hall–Kier alpha value is -0.870. The van der Waals surface area contributed by atoms with E-state index in [2.05, 4.69) is 56.9 Å². The first-order chi connectivity index (χ1) is 9.02. The van der Waals surface area contributed by atoms with Gasteiger partial charge in [0.05, 0.1) is 5.69 Å². The maximum absolute atomic E-state index is 6.05. The minimum atomic E-state index is 0.108. The van der Waals surface area contributed by atoms with Gasteiger partial charge in [-0.1, -0.05) is 20.8 Å². The van der Waals surface area contributed by atoms with E-state index in [4.69, 9.17) is 5.73 Å². The van der Waals surface area contributed by atoms with Gasteiger partial charge in [0.15, 0.2) is 0 Å². The van der Waals surface area contributed by atoms with E-state index in [9.17, 15) is 0 Å². The Morgan fingerprint density at radius 3 is 2.32 bits per heavy atom. The predicted octanol–water partition coefficient (Wildman–Crippen LogP) is 2.80. The van der Waals surface area contributed by atoms with Gasteiger partial charge in [-0.2, -0.15) is 5.10 Å². The number of nitrogens with zero attached hydrogens (tertiary/aromatic N) is 3. The second-order valence-electron chi connectivity index (χ2n) is 5.53. The van der Waals surface area contributed by atoms with Crippen LogP contribution < -0.4 is 5.73 Å². The van der Waals surface area contributed by atoms with Crippen LogP contribution in [0.4, 0.5) is 0 Å². The quantitative estimate of drug-likeness (QED) is 0.787. The molecule has 0 atom stereocenters. The third-order valence-electron chi connectivity index (χ3n) is 4.29. The molecule has 1 heterocycles. The second-order valence-corrected chi connectivity index (χ2v) is 5.53. The zero-order valence-corrected chi connectivity index (χ0v) is 13.2. The van der Waals surface area contributed by atoms with Crippen molar-refractivity contribution in [3.8, 4) is 0 Å². The van der Waals surface area contributed by atoms with E-state index in [1.165, 1.54) is 0 Å². The molecule has 0 aliphatic heterocycles. The maximum Gasteiger partial charge on any atom is 0.0765 e. The maximum atomic E-state index is 6.05. The van der Waals surface area contributed by atoms with Crippen molar-refractivity contribution in [2.45, 2.75) is 65.6 Å². The smallest absolute Gasteiger partial charge is 0.0765 e. The lowest BCUT2D eigenvalue weighted by Crippen LogP contribution is -2.52. The highest BCUT2D eigenvalue weighted by atomic mass is 15.3. The summed E-state index contributed by atoms with van der Waals surface area (Å²) in [6.07, 6.45) is 4.23. The standard InChI is InChI=1S/C15H30N4/c1-6-15(7-2,12-16)18(8-3)11-14-9-10-19(17-14)13(4)5/h9-10,13H,6-8,11-12,16H2,1-5H3. The van der Waals surface area contributed by atoms with Gasteiger partial charge in [0.2, 0.25) is 0 Å². The molecule has 1 aromatic heterocycles. The van der Waals surface area contributed by atoms with E-state index >= 15 is 0 Å². The van der Waals surface area contributed by atoms with Crippen molar-refractivity contribution >= 4 is 0 Å². The molecule has 0 spiro atoms. The topological polar surface area (TPSA) is 47.1 Å². The highest BCUT2D eigenvalue weighted by Gasteiger charge is 2.31. The molecular weight excluding hydrogens is 236 g/mol. The Balaban J connectivity index is 2.85. The largest absolute Gasteiger partial charge is 0.329 e. The highest BCUT2D eigenvalue weighted by Crippen LogP contribution is 2.24. The number of likely N-dealkylation sites (N-methyl/N-ethyl adjacent to an activating group) is 1. The van der Waals surface area contributed by atoms with Crippen LogP contribution in [0.1, 0.15) is 59.2 Å².